The summed E-state index contributed by atoms with van der Waals surface area (Å²) in [6.07, 6.45) is -12.8. The molecule has 1 aromatic rings. The molecule has 0 radical (unpaired) electrons. The smallest absolute Gasteiger partial charge is 0.438 e. The van der Waals surface area contributed by atoms with Crippen molar-refractivity contribution in [2.75, 3.05) is 5.75 Å². The van der Waals surface area contributed by atoms with Gasteiger partial charge in [0.25, 0.3) is 0 Å². The number of carbonyl (C=O) groups is 1. The highest BCUT2D eigenvalue weighted by molar-refractivity contribution is 14.1. The van der Waals surface area contributed by atoms with Crippen LogP contribution in [0.2, 0.25) is 0 Å². The molecule has 16 heteroatoms. The highest BCUT2D eigenvalue weighted by Gasteiger charge is 2.75. The third-order valence-corrected chi connectivity index (χ3v) is 9.65. The maximum absolute atomic E-state index is 13.2. The summed E-state index contributed by atoms with van der Waals surface area (Å²) in [6, 6.07) is 1.52. The van der Waals surface area contributed by atoms with E-state index in [-0.39, 0.29) is 7.14 Å². The summed E-state index contributed by atoms with van der Waals surface area (Å²) in [5, 5.41) is 0. The normalized spacial score (nSPS) is 13.6. The maximum atomic E-state index is 13.2. The quantitative estimate of drug-likeness (QED) is 0.145. The number of benzene rings is 1. The minimum absolute atomic E-state index is 0.00578. The molecule has 5 nitrogen and oxygen atoms in total. The van der Waals surface area contributed by atoms with Crippen LogP contribution < -0.4 is 0 Å². The lowest BCUT2D eigenvalue weighted by atomic mass is 10.1. The largest absolute Gasteiger partial charge is 0.748 e. The van der Waals surface area contributed by atoms with Gasteiger partial charge in [-0.15, -0.1) is 0 Å². The Morgan fingerprint density at radius 2 is 1.33 bits per heavy atom. The van der Waals surface area contributed by atoms with Crippen molar-refractivity contribution in [1.29, 1.82) is 0 Å². The molecule has 0 heterocycles. The molecule has 0 unspecified atom stereocenters. The van der Waals surface area contributed by atoms with Crippen LogP contribution in [0.5, 0.6) is 0 Å². The Kier molecular flexibility index (Phi) is 8.41. The van der Waals surface area contributed by atoms with Gasteiger partial charge >= 0.3 is 23.9 Å². The molecule has 0 saturated carbocycles. The summed E-state index contributed by atoms with van der Waals surface area (Å²) in [6.45, 7) is 0. The van der Waals surface area contributed by atoms with E-state index < -0.39 is 45.4 Å². The first-order chi connectivity index (χ1) is 11.8. The molecule has 0 aliphatic carbocycles. The molecule has 0 saturated heterocycles. The molecule has 0 N–H and O–H groups in total. The third-order valence-electron chi connectivity index (χ3n) is 2.88. The summed E-state index contributed by atoms with van der Waals surface area (Å²) in [5.41, 5.74) is -6.11. The van der Waals surface area contributed by atoms with Gasteiger partial charge in [-0.2, -0.15) is 26.3 Å². The molecule has 0 aliphatic heterocycles. The molecular weight excluding hydrogens is 866 g/mol. The van der Waals surface area contributed by atoms with Gasteiger partial charge < -0.3 is 9.29 Å². The number of hydrogen-bond acceptors (Lipinski definition) is 5. The zero-order chi connectivity index (χ0) is 21.6. The van der Waals surface area contributed by atoms with E-state index in [2.05, 4.69) is 4.74 Å². The minimum atomic E-state index is -6.41. The second kappa shape index (κ2) is 8.69. The van der Waals surface area contributed by atoms with Gasteiger partial charge in [0.2, 0.25) is 0 Å². The first-order valence-electron chi connectivity index (χ1n) is 5.97. The molecule has 0 amide bonds. The lowest BCUT2D eigenvalue weighted by Crippen LogP contribution is -2.63. The van der Waals surface area contributed by atoms with Gasteiger partial charge in [-0.3, -0.25) is 0 Å². The van der Waals surface area contributed by atoms with E-state index >= 15 is 0 Å². The summed E-state index contributed by atoms with van der Waals surface area (Å²) < 4.78 is 116. The van der Waals surface area contributed by atoms with E-state index in [4.69, 9.17) is 0 Å². The van der Waals surface area contributed by atoms with Crippen LogP contribution in [0.25, 0.3) is 0 Å². The van der Waals surface area contributed by atoms with Gasteiger partial charge in [-0.1, -0.05) is 0 Å². The van der Waals surface area contributed by atoms with Crippen molar-refractivity contribution in [3.8, 4) is 0 Å². The topological polar surface area (TPSA) is 83.5 Å². The van der Waals surface area contributed by atoms with Crippen LogP contribution in [0.3, 0.4) is 0 Å². The number of esters is 1. The van der Waals surface area contributed by atoms with Gasteiger partial charge in [0.15, 0.2) is 0 Å². The second-order valence-electron chi connectivity index (χ2n) is 4.76. The van der Waals surface area contributed by atoms with Crippen molar-refractivity contribution >= 4 is 106 Å². The third kappa shape index (κ3) is 5.83. The Labute approximate surface area is 202 Å². The van der Waals surface area contributed by atoms with E-state index in [0.717, 1.165) is 0 Å². The number of rotatable bonds is 4. The van der Waals surface area contributed by atoms with Crippen molar-refractivity contribution in [1.82, 2.24) is 0 Å². The number of hydrogen-bond donors (Lipinski definition) is 0. The Balaban J connectivity index is 3.68. The first-order valence-corrected chi connectivity index (χ1v) is 11.9. The Bertz CT molecular complexity index is 827. The van der Waals surface area contributed by atoms with Crippen LogP contribution >= 0.6 is 90.4 Å². The van der Waals surface area contributed by atoms with E-state index in [1.807, 2.05) is 0 Å². The zero-order valence-electron chi connectivity index (χ0n) is 12.0. The molecule has 0 aromatic heterocycles. The number of halogens is 10. The van der Waals surface area contributed by atoms with Gasteiger partial charge in [-0.25, -0.2) is 13.2 Å². The zero-order valence-corrected chi connectivity index (χ0v) is 21.5. The van der Waals surface area contributed by atoms with Gasteiger partial charge in [0.05, 0.1) is 21.4 Å². The second-order valence-corrected chi connectivity index (χ2v) is 10.6. The maximum Gasteiger partial charge on any atom is 0.438 e. The molecule has 27 heavy (non-hydrogen) atoms. The standard InChI is InChI=1S/C11H4F6I4O5S/c12-10(13,14)9(11(15,16)17,2-27(23,24)25)26-8(22)5-6(20)3(18)1-4(19)7(5)21/h1H,2H2,(H,23,24,25)/p-1. The van der Waals surface area contributed by atoms with Crippen LogP contribution in [-0.2, 0) is 14.9 Å². The number of alkyl halides is 6. The molecule has 0 bridgehead atoms. The molecule has 0 spiro atoms. The molecule has 1 rings (SSSR count). The minimum Gasteiger partial charge on any atom is -0.748 e. The SMILES string of the molecule is O=C(OC(CS(=O)(=O)[O-])(C(F)(F)F)C(F)(F)F)c1c(I)c(I)cc(I)c1I. The molecular formula is C11H3F6I4O5S-. The predicted octanol–water partition coefficient (Wildman–Crippen LogP) is 4.67. The summed E-state index contributed by atoms with van der Waals surface area (Å²) in [4.78, 5) is 12.3. The number of ether oxygens (including phenoxy) is 1. The Morgan fingerprint density at radius 1 is 0.963 bits per heavy atom. The van der Waals surface area contributed by atoms with Crippen molar-refractivity contribution in [3.63, 3.8) is 0 Å². The van der Waals surface area contributed by atoms with E-state index in [0.29, 0.717) is 7.14 Å². The summed E-state index contributed by atoms with van der Waals surface area (Å²) in [7, 11) is -6.09. The van der Waals surface area contributed by atoms with Crippen molar-refractivity contribution < 1.29 is 48.8 Å². The van der Waals surface area contributed by atoms with Crippen LogP contribution in [-0.4, -0.2) is 42.6 Å². The average molecular weight is 869 g/mol. The fourth-order valence-corrected chi connectivity index (χ4v) is 6.13. The Hall–Kier alpha value is 1.10. The van der Waals surface area contributed by atoms with Crippen molar-refractivity contribution in [3.05, 3.63) is 25.9 Å². The van der Waals surface area contributed by atoms with Crippen LogP contribution in [0.1, 0.15) is 10.4 Å². The van der Waals surface area contributed by atoms with Gasteiger partial charge in [-0.05, 0) is 96.4 Å². The fourth-order valence-electron chi connectivity index (χ4n) is 1.68. The van der Waals surface area contributed by atoms with E-state index in [9.17, 15) is 44.1 Å². The highest BCUT2D eigenvalue weighted by Crippen LogP contribution is 2.47. The van der Waals surface area contributed by atoms with E-state index in [1.54, 1.807) is 45.2 Å². The first kappa shape index (κ1) is 26.1. The lowest BCUT2D eigenvalue weighted by Gasteiger charge is -2.37. The van der Waals surface area contributed by atoms with Gasteiger partial charge in [0, 0.05) is 14.3 Å². The Morgan fingerprint density at radius 3 is 1.63 bits per heavy atom. The molecule has 154 valence electrons. The number of carbonyl (C=O) groups excluding carboxylic acids is 1. The summed E-state index contributed by atoms with van der Waals surface area (Å²) in [5.74, 6) is -5.09. The molecule has 1 aromatic carbocycles. The van der Waals surface area contributed by atoms with Crippen LogP contribution in [0.15, 0.2) is 6.07 Å². The average Bonchev–Trinajstić information content (AvgIpc) is 2.40. The lowest BCUT2D eigenvalue weighted by molar-refractivity contribution is -0.356. The molecule has 0 aliphatic rings. The van der Waals surface area contributed by atoms with Crippen molar-refractivity contribution in [2.45, 2.75) is 18.0 Å². The highest BCUT2D eigenvalue weighted by atomic mass is 127. The van der Waals surface area contributed by atoms with E-state index in [1.165, 1.54) is 51.2 Å². The fraction of sp³-hybridized carbons (Fsp3) is 0.364. The predicted molar refractivity (Wildman–Crippen MR) is 112 cm³/mol. The van der Waals surface area contributed by atoms with Gasteiger partial charge in [0.1, 0.15) is 0 Å². The van der Waals surface area contributed by atoms with Crippen LogP contribution in [0, 0.1) is 14.3 Å². The van der Waals surface area contributed by atoms with Crippen molar-refractivity contribution in [2.24, 2.45) is 0 Å². The monoisotopic (exact) mass is 869 g/mol. The molecule has 0 atom stereocenters. The molecule has 0 fully saturated rings. The summed E-state index contributed by atoms with van der Waals surface area (Å²) >= 11 is 6.46. The van der Waals surface area contributed by atoms with Crippen LogP contribution in [0.4, 0.5) is 26.3 Å².